The molecule has 0 aliphatic carbocycles. The maximum absolute atomic E-state index is 10.5. The second-order valence-electron chi connectivity index (χ2n) is 2.44. The zero-order chi connectivity index (χ0) is 9.72. The summed E-state index contributed by atoms with van der Waals surface area (Å²) < 4.78 is 0. The smallest absolute Gasteiger partial charge is 0.244 e. The second-order valence-corrected chi connectivity index (χ2v) is 2.44. The van der Waals surface area contributed by atoms with E-state index >= 15 is 0 Å². The maximum atomic E-state index is 10.5. The summed E-state index contributed by atoms with van der Waals surface area (Å²) in [5, 5.41) is 0. The monoisotopic (exact) mass is 168 g/mol. The number of primary amides is 2. The molecule has 0 atom stereocenters. The molecule has 0 unspecified atom stereocenters. The van der Waals surface area contributed by atoms with Crippen LogP contribution in [-0.2, 0) is 9.59 Å². The van der Waals surface area contributed by atoms with Gasteiger partial charge in [0.25, 0.3) is 0 Å². The van der Waals surface area contributed by atoms with E-state index in [0.717, 1.165) is 0 Å². The van der Waals surface area contributed by atoms with Crippen LogP contribution in [0.4, 0.5) is 0 Å². The Hall–Kier alpha value is -1.58. The van der Waals surface area contributed by atoms with Gasteiger partial charge in [-0.05, 0) is 12.8 Å². The number of hydrogen-bond donors (Lipinski definition) is 2. The lowest BCUT2D eigenvalue weighted by atomic mass is 10.1. The third-order valence-corrected chi connectivity index (χ3v) is 1.43. The first-order chi connectivity index (χ1) is 5.45. The van der Waals surface area contributed by atoms with Crippen molar-refractivity contribution in [2.45, 2.75) is 12.8 Å². The van der Waals surface area contributed by atoms with Crippen molar-refractivity contribution >= 4 is 11.8 Å². The van der Waals surface area contributed by atoms with Crippen LogP contribution < -0.4 is 11.5 Å². The van der Waals surface area contributed by atoms with Crippen LogP contribution in [0.1, 0.15) is 12.8 Å². The predicted octanol–water partition coefficient (Wildman–Crippen LogP) is -0.150. The van der Waals surface area contributed by atoms with E-state index in [4.69, 9.17) is 11.5 Å². The average Bonchev–Trinajstić information content (AvgIpc) is 1.98. The molecule has 4 N–H and O–H groups in total. The van der Waals surface area contributed by atoms with Crippen LogP contribution in [0.5, 0.6) is 0 Å². The van der Waals surface area contributed by atoms with E-state index in [2.05, 4.69) is 13.2 Å². The summed E-state index contributed by atoms with van der Waals surface area (Å²) in [5.74, 6) is -1.13. The lowest BCUT2D eigenvalue weighted by Gasteiger charge is -2.00. The fourth-order valence-electron chi connectivity index (χ4n) is 0.548. The lowest BCUT2D eigenvalue weighted by Crippen LogP contribution is -2.16. The molecule has 2 amide bonds. The molecule has 4 heteroatoms. The summed E-state index contributed by atoms with van der Waals surface area (Å²) in [4.78, 5) is 20.9. The first kappa shape index (κ1) is 10.4. The molecule has 0 rings (SSSR count). The minimum absolute atomic E-state index is 0.275. The second kappa shape index (κ2) is 4.33. The summed E-state index contributed by atoms with van der Waals surface area (Å²) in [6.45, 7) is 6.84. The van der Waals surface area contributed by atoms with Crippen molar-refractivity contribution in [3.8, 4) is 0 Å². The lowest BCUT2D eigenvalue weighted by molar-refractivity contribution is -0.116. The molecule has 0 radical (unpaired) electrons. The highest BCUT2D eigenvalue weighted by Gasteiger charge is 2.05. The molecule has 4 nitrogen and oxygen atoms in total. The molecule has 0 bridgehead atoms. The Bertz CT molecular complexity index is 217. The van der Waals surface area contributed by atoms with Crippen LogP contribution in [-0.4, -0.2) is 11.8 Å². The largest absolute Gasteiger partial charge is 0.366 e. The van der Waals surface area contributed by atoms with Crippen LogP contribution >= 0.6 is 0 Å². The van der Waals surface area contributed by atoms with Crippen LogP contribution in [0.2, 0.25) is 0 Å². The van der Waals surface area contributed by atoms with Crippen molar-refractivity contribution in [1.29, 1.82) is 0 Å². The molecule has 0 saturated carbocycles. The molecule has 0 spiro atoms. The van der Waals surface area contributed by atoms with Crippen molar-refractivity contribution < 1.29 is 9.59 Å². The Kier molecular flexibility index (Phi) is 3.76. The number of nitrogens with two attached hydrogens (primary N) is 2. The normalized spacial score (nSPS) is 9.00. The molecule has 0 aromatic carbocycles. The van der Waals surface area contributed by atoms with E-state index in [1.165, 1.54) is 0 Å². The van der Waals surface area contributed by atoms with Gasteiger partial charge in [-0.2, -0.15) is 0 Å². The fraction of sp³-hybridized carbons (Fsp3) is 0.250. The van der Waals surface area contributed by atoms with E-state index < -0.39 is 11.8 Å². The van der Waals surface area contributed by atoms with Crippen LogP contribution in [0.15, 0.2) is 24.3 Å². The summed E-state index contributed by atoms with van der Waals surface area (Å²) in [6.07, 6.45) is 0.661. The van der Waals surface area contributed by atoms with Gasteiger partial charge in [-0.15, -0.1) is 0 Å². The number of carbonyl (C=O) groups is 2. The zero-order valence-electron chi connectivity index (χ0n) is 6.80. The molecule has 0 aliphatic heterocycles. The van der Waals surface area contributed by atoms with E-state index in [1.54, 1.807) is 0 Å². The van der Waals surface area contributed by atoms with Crippen molar-refractivity contribution in [3.63, 3.8) is 0 Å². The zero-order valence-corrected chi connectivity index (χ0v) is 6.80. The predicted molar refractivity (Wildman–Crippen MR) is 45.9 cm³/mol. The Balaban J connectivity index is 3.85. The van der Waals surface area contributed by atoms with Crippen molar-refractivity contribution in [1.82, 2.24) is 0 Å². The summed E-state index contributed by atoms with van der Waals surface area (Å²) >= 11 is 0. The molecule has 0 aliphatic rings. The topological polar surface area (TPSA) is 86.2 Å². The van der Waals surface area contributed by atoms with Crippen molar-refractivity contribution in [2.24, 2.45) is 11.5 Å². The van der Waals surface area contributed by atoms with Gasteiger partial charge in [0, 0.05) is 11.1 Å². The molecule has 0 aromatic rings. The Labute approximate surface area is 70.9 Å². The van der Waals surface area contributed by atoms with Crippen molar-refractivity contribution in [3.05, 3.63) is 24.3 Å². The molecule has 0 heterocycles. The Morgan fingerprint density at radius 1 is 0.917 bits per heavy atom. The van der Waals surface area contributed by atoms with Gasteiger partial charge >= 0.3 is 0 Å². The van der Waals surface area contributed by atoms with Gasteiger partial charge in [0.1, 0.15) is 0 Å². The van der Waals surface area contributed by atoms with Gasteiger partial charge in [-0.25, -0.2) is 0 Å². The fourth-order valence-corrected chi connectivity index (χ4v) is 0.548. The standard InChI is InChI=1S/C8H12N2O2/c1-5(7(9)11)3-4-6(2)8(10)12/h1-4H2,(H2,9,11)(H2,10,12). The highest BCUT2D eigenvalue weighted by molar-refractivity contribution is 5.93. The quantitative estimate of drug-likeness (QED) is 0.559. The van der Waals surface area contributed by atoms with E-state index in [1.807, 2.05) is 0 Å². The average molecular weight is 168 g/mol. The minimum Gasteiger partial charge on any atom is -0.366 e. The highest BCUT2D eigenvalue weighted by Crippen LogP contribution is 2.07. The maximum Gasteiger partial charge on any atom is 0.244 e. The van der Waals surface area contributed by atoms with Gasteiger partial charge in [-0.1, -0.05) is 13.2 Å². The van der Waals surface area contributed by atoms with Crippen LogP contribution in [0.25, 0.3) is 0 Å². The number of amides is 2. The van der Waals surface area contributed by atoms with Crippen LogP contribution in [0, 0.1) is 0 Å². The molecule has 0 saturated heterocycles. The first-order valence-electron chi connectivity index (χ1n) is 3.40. The summed E-state index contributed by atoms with van der Waals surface area (Å²) in [7, 11) is 0. The highest BCUT2D eigenvalue weighted by atomic mass is 16.1. The van der Waals surface area contributed by atoms with Gasteiger partial charge in [0.15, 0.2) is 0 Å². The SMILES string of the molecule is C=C(CCC(=C)C(N)=O)C(N)=O. The van der Waals surface area contributed by atoms with Gasteiger partial charge < -0.3 is 11.5 Å². The third-order valence-electron chi connectivity index (χ3n) is 1.43. The third kappa shape index (κ3) is 3.55. The van der Waals surface area contributed by atoms with Crippen LogP contribution in [0.3, 0.4) is 0 Å². The first-order valence-corrected chi connectivity index (χ1v) is 3.40. The molecule has 12 heavy (non-hydrogen) atoms. The summed E-state index contributed by atoms with van der Waals surface area (Å²) in [5.41, 5.74) is 10.4. The van der Waals surface area contributed by atoms with E-state index in [-0.39, 0.29) is 11.1 Å². The van der Waals surface area contributed by atoms with Gasteiger partial charge in [0.2, 0.25) is 11.8 Å². The van der Waals surface area contributed by atoms with Gasteiger partial charge in [0.05, 0.1) is 0 Å². The molecule has 0 fully saturated rings. The number of rotatable bonds is 5. The van der Waals surface area contributed by atoms with Crippen molar-refractivity contribution in [2.75, 3.05) is 0 Å². The molecule has 66 valence electrons. The minimum atomic E-state index is -0.563. The summed E-state index contributed by atoms with van der Waals surface area (Å²) in [6, 6.07) is 0. The molecular formula is C8H12N2O2. The molecular weight excluding hydrogens is 156 g/mol. The van der Waals surface area contributed by atoms with E-state index in [9.17, 15) is 9.59 Å². The van der Waals surface area contributed by atoms with E-state index in [0.29, 0.717) is 12.8 Å². The number of hydrogen-bond acceptors (Lipinski definition) is 2. The molecule has 0 aromatic heterocycles. The number of carbonyl (C=O) groups excluding carboxylic acids is 2. The Morgan fingerprint density at radius 3 is 1.33 bits per heavy atom. The van der Waals surface area contributed by atoms with Gasteiger partial charge in [-0.3, -0.25) is 9.59 Å². The Morgan fingerprint density at radius 2 is 1.17 bits per heavy atom.